The molecule has 0 saturated heterocycles. The van der Waals surface area contributed by atoms with E-state index in [-0.39, 0.29) is 0 Å². The molecule has 16 heavy (non-hydrogen) atoms. The van der Waals surface area contributed by atoms with Crippen LogP contribution in [-0.4, -0.2) is 28.0 Å². The van der Waals surface area contributed by atoms with E-state index in [0.717, 1.165) is 6.08 Å². The Morgan fingerprint density at radius 3 is 2.06 bits per heavy atom. The van der Waals surface area contributed by atoms with Gasteiger partial charge < -0.3 is 20.3 Å². The van der Waals surface area contributed by atoms with Crippen LogP contribution < -0.4 is 5.73 Å². The molecule has 7 nitrogen and oxygen atoms in total. The molecule has 0 heterocycles. The number of amides is 1. The van der Waals surface area contributed by atoms with Crippen molar-refractivity contribution >= 4 is 19.5 Å². The van der Waals surface area contributed by atoms with Crippen LogP contribution in [0.5, 0.6) is 0 Å². The first-order valence-corrected chi connectivity index (χ1v) is 5.69. The SMILES string of the molecule is C=C(C)C(N)=O.C=CC(=O)OCP(=O)(O)O. The summed E-state index contributed by atoms with van der Waals surface area (Å²) in [4.78, 5) is 36.3. The van der Waals surface area contributed by atoms with Gasteiger partial charge in [-0.1, -0.05) is 13.2 Å². The van der Waals surface area contributed by atoms with Gasteiger partial charge in [-0.2, -0.15) is 0 Å². The lowest BCUT2D eigenvalue weighted by Crippen LogP contribution is -2.10. The molecule has 0 aromatic rings. The predicted octanol–water partition coefficient (Wildman–Crippen LogP) is -0.101. The summed E-state index contributed by atoms with van der Waals surface area (Å²) >= 11 is 0. The third kappa shape index (κ3) is 15.1. The molecule has 0 spiro atoms. The lowest BCUT2D eigenvalue weighted by molar-refractivity contribution is -0.136. The molecule has 0 rings (SSSR count). The molecule has 0 radical (unpaired) electrons. The number of esters is 1. The normalized spacial score (nSPS) is 9.44. The Bertz CT molecular complexity index is 319. The van der Waals surface area contributed by atoms with Crippen molar-refractivity contribution in [2.75, 3.05) is 6.35 Å². The molecule has 8 heteroatoms. The number of primary amides is 1. The van der Waals surface area contributed by atoms with Crippen molar-refractivity contribution in [2.24, 2.45) is 5.73 Å². The van der Waals surface area contributed by atoms with E-state index < -0.39 is 25.8 Å². The molecule has 0 unspecified atom stereocenters. The summed E-state index contributed by atoms with van der Waals surface area (Å²) in [5.74, 6) is -1.28. The molecule has 0 aliphatic heterocycles. The Labute approximate surface area is 92.7 Å². The molecule has 0 saturated carbocycles. The Morgan fingerprint density at radius 1 is 1.50 bits per heavy atom. The molecule has 1 amide bonds. The Hall–Kier alpha value is -1.43. The van der Waals surface area contributed by atoms with Gasteiger partial charge in [-0.15, -0.1) is 0 Å². The van der Waals surface area contributed by atoms with Gasteiger partial charge in [0, 0.05) is 11.6 Å². The maximum absolute atomic E-state index is 10.2. The summed E-state index contributed by atoms with van der Waals surface area (Å²) in [7, 11) is -4.22. The second-order valence-corrected chi connectivity index (χ2v) is 4.19. The smallest absolute Gasteiger partial charge is 0.362 e. The minimum atomic E-state index is -4.22. The highest BCUT2D eigenvalue weighted by Gasteiger charge is 2.14. The largest absolute Gasteiger partial charge is 0.450 e. The second-order valence-electron chi connectivity index (χ2n) is 2.61. The zero-order valence-electron chi connectivity index (χ0n) is 8.75. The molecule has 0 atom stereocenters. The molecule has 0 aromatic carbocycles. The van der Waals surface area contributed by atoms with E-state index in [1.165, 1.54) is 0 Å². The van der Waals surface area contributed by atoms with Crippen LogP contribution in [-0.2, 0) is 18.9 Å². The zero-order valence-corrected chi connectivity index (χ0v) is 9.65. The number of carbonyl (C=O) groups excluding carboxylic acids is 2. The monoisotopic (exact) mass is 251 g/mol. The Kier molecular flexibility index (Phi) is 8.29. The highest BCUT2D eigenvalue weighted by atomic mass is 31.2. The average Bonchev–Trinajstić information content (AvgIpc) is 2.13. The minimum Gasteiger partial charge on any atom is -0.450 e. The van der Waals surface area contributed by atoms with Crippen LogP contribution in [0.4, 0.5) is 0 Å². The zero-order chi connectivity index (χ0) is 13.4. The lowest BCUT2D eigenvalue weighted by atomic mass is 10.3. The van der Waals surface area contributed by atoms with Crippen LogP contribution in [0, 0.1) is 0 Å². The van der Waals surface area contributed by atoms with Crippen molar-refractivity contribution in [3.8, 4) is 0 Å². The highest BCUT2D eigenvalue weighted by Crippen LogP contribution is 2.33. The van der Waals surface area contributed by atoms with Gasteiger partial charge >= 0.3 is 13.6 Å². The van der Waals surface area contributed by atoms with Crippen LogP contribution in [0.1, 0.15) is 6.92 Å². The molecular formula is C8H14NO6P. The topological polar surface area (TPSA) is 127 Å². The molecular weight excluding hydrogens is 237 g/mol. The number of ether oxygens (including phenoxy) is 1. The molecule has 0 fully saturated rings. The number of hydrogen-bond donors (Lipinski definition) is 3. The van der Waals surface area contributed by atoms with Gasteiger partial charge in [-0.25, -0.2) is 4.79 Å². The van der Waals surface area contributed by atoms with Gasteiger partial charge in [0.15, 0.2) is 6.35 Å². The highest BCUT2D eigenvalue weighted by molar-refractivity contribution is 7.51. The van der Waals surface area contributed by atoms with E-state index in [1.807, 2.05) is 0 Å². The van der Waals surface area contributed by atoms with E-state index in [4.69, 9.17) is 15.5 Å². The molecule has 4 N–H and O–H groups in total. The third-order valence-electron chi connectivity index (χ3n) is 0.962. The number of nitrogens with two attached hydrogens (primary N) is 1. The lowest BCUT2D eigenvalue weighted by Gasteiger charge is -2.01. The first kappa shape index (κ1) is 17.0. The fourth-order valence-electron chi connectivity index (χ4n) is 0.207. The van der Waals surface area contributed by atoms with E-state index in [2.05, 4.69) is 17.9 Å². The summed E-state index contributed by atoms with van der Waals surface area (Å²) in [5, 5.41) is 0. The summed E-state index contributed by atoms with van der Waals surface area (Å²) in [5.41, 5.74) is 5.09. The summed E-state index contributed by atoms with van der Waals surface area (Å²) < 4.78 is 14.1. The van der Waals surface area contributed by atoms with Crippen LogP contribution in [0.2, 0.25) is 0 Å². The van der Waals surface area contributed by atoms with Crippen LogP contribution in [0.25, 0.3) is 0 Å². The van der Waals surface area contributed by atoms with E-state index in [9.17, 15) is 14.2 Å². The number of rotatable bonds is 4. The van der Waals surface area contributed by atoms with Crippen LogP contribution >= 0.6 is 7.60 Å². The molecule has 92 valence electrons. The fourth-order valence-corrected chi connectivity index (χ4v) is 0.502. The molecule has 0 aliphatic carbocycles. The maximum Gasteiger partial charge on any atom is 0.362 e. The Morgan fingerprint density at radius 2 is 1.88 bits per heavy atom. The van der Waals surface area contributed by atoms with Gasteiger partial charge in [0.1, 0.15) is 0 Å². The molecule has 0 bridgehead atoms. The fraction of sp³-hybridized carbons (Fsp3) is 0.250. The number of hydrogen-bond acceptors (Lipinski definition) is 4. The number of carbonyl (C=O) groups is 2. The Balaban J connectivity index is 0. The van der Waals surface area contributed by atoms with Crippen molar-refractivity contribution < 1.29 is 28.7 Å². The molecule has 0 aliphatic rings. The van der Waals surface area contributed by atoms with E-state index in [1.54, 1.807) is 6.92 Å². The van der Waals surface area contributed by atoms with Gasteiger partial charge in [-0.05, 0) is 6.92 Å². The quantitative estimate of drug-likeness (QED) is 0.363. The van der Waals surface area contributed by atoms with Crippen LogP contribution in [0.15, 0.2) is 24.8 Å². The maximum atomic E-state index is 10.2. The van der Waals surface area contributed by atoms with Crippen molar-refractivity contribution in [3.63, 3.8) is 0 Å². The average molecular weight is 251 g/mol. The van der Waals surface area contributed by atoms with Crippen molar-refractivity contribution in [2.45, 2.75) is 6.92 Å². The first-order valence-electron chi connectivity index (χ1n) is 3.89. The third-order valence-corrected chi connectivity index (χ3v) is 1.43. The van der Waals surface area contributed by atoms with Gasteiger partial charge in [0.25, 0.3) is 0 Å². The van der Waals surface area contributed by atoms with Gasteiger partial charge in [0.2, 0.25) is 5.91 Å². The minimum absolute atomic E-state index is 0.398. The van der Waals surface area contributed by atoms with Crippen molar-refractivity contribution in [3.05, 3.63) is 24.8 Å². The summed E-state index contributed by atoms with van der Waals surface area (Å²) in [6.07, 6.45) is -0.0620. The first-order chi connectivity index (χ1) is 7.10. The summed E-state index contributed by atoms with van der Waals surface area (Å²) in [6.45, 7) is 7.89. The second kappa shape index (κ2) is 7.81. The molecule has 0 aromatic heterocycles. The van der Waals surface area contributed by atoms with Crippen molar-refractivity contribution in [1.29, 1.82) is 0 Å². The van der Waals surface area contributed by atoms with Crippen molar-refractivity contribution in [1.82, 2.24) is 0 Å². The predicted molar refractivity (Wildman–Crippen MR) is 57.2 cm³/mol. The standard InChI is InChI=1S/C4H7NO.C4H7O5P/c1-3(2)4(5)6;1-2-4(5)9-3-10(6,7)8/h1H2,2H3,(H2,5,6);2H,1,3H2,(H2,6,7,8). The summed E-state index contributed by atoms with van der Waals surface area (Å²) in [6, 6.07) is 0. The van der Waals surface area contributed by atoms with E-state index in [0.29, 0.717) is 5.57 Å². The van der Waals surface area contributed by atoms with E-state index >= 15 is 0 Å². The van der Waals surface area contributed by atoms with Gasteiger partial charge in [-0.3, -0.25) is 9.36 Å². The van der Waals surface area contributed by atoms with Crippen LogP contribution in [0.3, 0.4) is 0 Å². The van der Waals surface area contributed by atoms with Gasteiger partial charge in [0.05, 0.1) is 0 Å².